The van der Waals surface area contributed by atoms with Crippen LogP contribution in [-0.2, 0) is 9.59 Å². The molecule has 0 aliphatic carbocycles. The maximum Gasteiger partial charge on any atom is 0.303 e. The Hall–Kier alpha value is -1.88. The molecule has 1 aromatic carbocycles. The number of carboxylic acid groups (broad SMARTS) is 1. The van der Waals surface area contributed by atoms with Crippen LogP contribution in [-0.4, -0.2) is 22.5 Å². The molecule has 0 radical (unpaired) electrons. The number of hydrogen-bond donors (Lipinski definition) is 3. The van der Waals surface area contributed by atoms with Gasteiger partial charge in [-0.1, -0.05) is 26.0 Å². The average Bonchev–Trinajstić information content (AvgIpc) is 2.38. The summed E-state index contributed by atoms with van der Waals surface area (Å²) in [6.07, 6.45) is 0.634. The highest BCUT2D eigenvalue weighted by atomic mass is 16.4. The van der Waals surface area contributed by atoms with Crippen LogP contribution in [0.25, 0.3) is 0 Å². The standard InChI is InChI=1S/C15H22N2O3/c1-4-15(3,16)14(20)17-12-7-5-11(6-8-12)10(2)9-13(18)19/h5-8,10H,4,9,16H2,1-3H3,(H,17,20)(H,18,19). The van der Waals surface area contributed by atoms with Crippen molar-refractivity contribution in [1.82, 2.24) is 0 Å². The van der Waals surface area contributed by atoms with Crippen LogP contribution in [0.3, 0.4) is 0 Å². The first-order chi connectivity index (χ1) is 9.26. The van der Waals surface area contributed by atoms with Gasteiger partial charge in [-0.2, -0.15) is 0 Å². The fourth-order valence-corrected chi connectivity index (χ4v) is 1.71. The van der Waals surface area contributed by atoms with Crippen molar-refractivity contribution < 1.29 is 14.7 Å². The number of carbonyl (C=O) groups excluding carboxylic acids is 1. The van der Waals surface area contributed by atoms with Crippen molar-refractivity contribution in [3.8, 4) is 0 Å². The highest BCUT2D eigenvalue weighted by molar-refractivity contribution is 5.97. The number of amides is 1. The summed E-state index contributed by atoms with van der Waals surface area (Å²) in [4.78, 5) is 22.6. The zero-order valence-corrected chi connectivity index (χ0v) is 12.1. The molecule has 0 saturated carbocycles. The van der Waals surface area contributed by atoms with Gasteiger partial charge in [-0.25, -0.2) is 0 Å². The summed E-state index contributed by atoms with van der Waals surface area (Å²) in [5, 5.41) is 11.5. The van der Waals surface area contributed by atoms with Crippen LogP contribution in [0.15, 0.2) is 24.3 Å². The lowest BCUT2D eigenvalue weighted by Crippen LogP contribution is -2.47. The van der Waals surface area contributed by atoms with E-state index in [2.05, 4.69) is 5.32 Å². The van der Waals surface area contributed by atoms with Gasteiger partial charge in [0, 0.05) is 5.69 Å². The Morgan fingerprint density at radius 3 is 2.35 bits per heavy atom. The second kappa shape index (κ2) is 6.52. The lowest BCUT2D eigenvalue weighted by molar-refractivity contribution is -0.137. The van der Waals surface area contributed by atoms with Crippen molar-refractivity contribution in [3.05, 3.63) is 29.8 Å². The second-order valence-corrected chi connectivity index (χ2v) is 5.35. The van der Waals surface area contributed by atoms with Gasteiger partial charge in [0.25, 0.3) is 0 Å². The Bertz CT molecular complexity index is 480. The van der Waals surface area contributed by atoms with Gasteiger partial charge in [-0.05, 0) is 37.0 Å². The van der Waals surface area contributed by atoms with Gasteiger partial charge in [0.2, 0.25) is 5.91 Å². The number of anilines is 1. The number of aliphatic carboxylic acids is 1. The van der Waals surface area contributed by atoms with Gasteiger partial charge in [-0.15, -0.1) is 0 Å². The molecule has 0 aromatic heterocycles. The van der Waals surface area contributed by atoms with Crippen LogP contribution in [0.1, 0.15) is 45.1 Å². The molecule has 4 N–H and O–H groups in total. The Morgan fingerprint density at radius 2 is 1.90 bits per heavy atom. The predicted octanol–water partition coefficient (Wildman–Crippen LogP) is 2.33. The van der Waals surface area contributed by atoms with Crippen molar-refractivity contribution in [1.29, 1.82) is 0 Å². The van der Waals surface area contributed by atoms with Crippen LogP contribution in [0.5, 0.6) is 0 Å². The summed E-state index contributed by atoms with van der Waals surface area (Å²) in [6.45, 7) is 5.40. The highest BCUT2D eigenvalue weighted by Crippen LogP contribution is 2.21. The monoisotopic (exact) mass is 278 g/mol. The van der Waals surface area contributed by atoms with E-state index in [4.69, 9.17) is 10.8 Å². The van der Waals surface area contributed by atoms with E-state index >= 15 is 0 Å². The second-order valence-electron chi connectivity index (χ2n) is 5.35. The molecule has 2 unspecified atom stereocenters. The molecule has 2 atom stereocenters. The number of carbonyl (C=O) groups is 2. The maximum atomic E-state index is 11.9. The average molecular weight is 278 g/mol. The summed E-state index contributed by atoms with van der Waals surface area (Å²) < 4.78 is 0. The molecule has 5 nitrogen and oxygen atoms in total. The van der Waals surface area contributed by atoms with E-state index in [0.717, 1.165) is 5.56 Å². The first-order valence-corrected chi connectivity index (χ1v) is 6.68. The predicted molar refractivity (Wildman–Crippen MR) is 78.6 cm³/mol. The lowest BCUT2D eigenvalue weighted by Gasteiger charge is -2.21. The van der Waals surface area contributed by atoms with Crippen LogP contribution in [0.4, 0.5) is 5.69 Å². The van der Waals surface area contributed by atoms with Crippen molar-refractivity contribution in [3.63, 3.8) is 0 Å². The number of carboxylic acids is 1. The molecule has 110 valence electrons. The molecule has 0 aliphatic heterocycles. The number of benzene rings is 1. The lowest BCUT2D eigenvalue weighted by atomic mass is 9.97. The quantitative estimate of drug-likeness (QED) is 0.744. The number of nitrogens with two attached hydrogens (primary N) is 1. The first-order valence-electron chi connectivity index (χ1n) is 6.68. The maximum absolute atomic E-state index is 11.9. The number of rotatable bonds is 6. The third-order valence-electron chi connectivity index (χ3n) is 3.47. The topological polar surface area (TPSA) is 92.4 Å². The SMILES string of the molecule is CCC(C)(N)C(=O)Nc1ccc(C(C)CC(=O)O)cc1. The summed E-state index contributed by atoms with van der Waals surface area (Å²) in [6, 6.07) is 7.17. The minimum atomic E-state index is -0.894. The summed E-state index contributed by atoms with van der Waals surface area (Å²) >= 11 is 0. The summed E-state index contributed by atoms with van der Waals surface area (Å²) in [5.74, 6) is -1.12. The van der Waals surface area contributed by atoms with E-state index in [0.29, 0.717) is 12.1 Å². The Labute approximate surface area is 119 Å². The Balaban J connectivity index is 2.72. The van der Waals surface area contributed by atoms with Gasteiger partial charge in [0.1, 0.15) is 0 Å². The molecule has 5 heteroatoms. The molecule has 0 heterocycles. The molecular formula is C15H22N2O3. The molecule has 20 heavy (non-hydrogen) atoms. The van der Waals surface area contributed by atoms with Crippen LogP contribution in [0, 0.1) is 0 Å². The molecule has 0 saturated heterocycles. The van der Waals surface area contributed by atoms with E-state index in [1.807, 2.05) is 26.0 Å². The first kappa shape index (κ1) is 16.2. The normalized spacial score (nSPS) is 15.2. The molecule has 1 aromatic rings. The van der Waals surface area contributed by atoms with Gasteiger partial charge in [-0.3, -0.25) is 9.59 Å². The Morgan fingerprint density at radius 1 is 1.35 bits per heavy atom. The van der Waals surface area contributed by atoms with Crippen LogP contribution in [0.2, 0.25) is 0 Å². The van der Waals surface area contributed by atoms with E-state index in [1.54, 1.807) is 19.1 Å². The van der Waals surface area contributed by atoms with E-state index in [1.165, 1.54) is 0 Å². The van der Waals surface area contributed by atoms with E-state index in [9.17, 15) is 9.59 Å². The highest BCUT2D eigenvalue weighted by Gasteiger charge is 2.25. The van der Waals surface area contributed by atoms with E-state index < -0.39 is 11.5 Å². The zero-order valence-electron chi connectivity index (χ0n) is 12.1. The molecule has 0 spiro atoms. The minimum absolute atomic E-state index is 0.0623. The smallest absolute Gasteiger partial charge is 0.303 e. The van der Waals surface area contributed by atoms with E-state index in [-0.39, 0.29) is 18.2 Å². The van der Waals surface area contributed by atoms with Crippen molar-refractivity contribution >= 4 is 17.6 Å². The molecule has 0 fully saturated rings. The molecule has 1 amide bonds. The van der Waals surface area contributed by atoms with Gasteiger partial charge < -0.3 is 16.2 Å². The van der Waals surface area contributed by atoms with Gasteiger partial charge >= 0.3 is 5.97 Å². The summed E-state index contributed by atoms with van der Waals surface area (Å²) in [7, 11) is 0. The minimum Gasteiger partial charge on any atom is -0.481 e. The van der Waals surface area contributed by atoms with Crippen molar-refractivity contribution in [2.24, 2.45) is 5.73 Å². The van der Waals surface area contributed by atoms with Crippen LogP contribution >= 0.6 is 0 Å². The largest absolute Gasteiger partial charge is 0.481 e. The van der Waals surface area contributed by atoms with Crippen LogP contribution < -0.4 is 11.1 Å². The number of hydrogen-bond acceptors (Lipinski definition) is 3. The van der Waals surface area contributed by atoms with Crippen molar-refractivity contribution in [2.45, 2.75) is 45.1 Å². The number of nitrogens with one attached hydrogen (secondary N) is 1. The third-order valence-corrected chi connectivity index (χ3v) is 3.47. The van der Waals surface area contributed by atoms with Gasteiger partial charge in [0.05, 0.1) is 12.0 Å². The van der Waals surface area contributed by atoms with Gasteiger partial charge in [0.15, 0.2) is 0 Å². The Kier molecular flexibility index (Phi) is 5.27. The molecular weight excluding hydrogens is 256 g/mol. The fraction of sp³-hybridized carbons (Fsp3) is 0.467. The summed E-state index contributed by atoms with van der Waals surface area (Å²) in [5.41, 5.74) is 6.56. The zero-order chi connectivity index (χ0) is 15.3. The van der Waals surface area contributed by atoms with Crippen molar-refractivity contribution in [2.75, 3.05) is 5.32 Å². The fourth-order valence-electron chi connectivity index (χ4n) is 1.71. The third kappa shape index (κ3) is 4.35. The molecule has 0 bridgehead atoms. The molecule has 1 rings (SSSR count). The molecule has 0 aliphatic rings.